The molecule has 3 aromatic carbocycles. The van der Waals surface area contributed by atoms with Crippen molar-refractivity contribution < 1.29 is 27.1 Å². The van der Waals surface area contributed by atoms with Gasteiger partial charge in [-0.1, -0.05) is 24.8 Å². The molecule has 2 amide bonds. The lowest BCUT2D eigenvalue weighted by atomic mass is 9.59. The molecule has 0 radical (unpaired) electrons. The zero-order chi connectivity index (χ0) is 36.2. The Morgan fingerprint density at radius 2 is 1.75 bits per heavy atom. The lowest BCUT2D eigenvalue weighted by molar-refractivity contribution is -0.111. The van der Waals surface area contributed by atoms with Crippen LogP contribution in [0.2, 0.25) is 0 Å². The second kappa shape index (κ2) is 15.3. The Hall–Kier alpha value is -4.73. The smallest absolute Gasteiger partial charge is 0.407 e. The van der Waals surface area contributed by atoms with Crippen molar-refractivity contribution in [3.8, 4) is 6.07 Å². The minimum absolute atomic E-state index is 0.0134. The van der Waals surface area contributed by atoms with Gasteiger partial charge in [-0.3, -0.25) is 4.79 Å². The van der Waals surface area contributed by atoms with Crippen LogP contribution in [0.3, 0.4) is 0 Å². The number of benzene rings is 3. The average Bonchev–Trinajstić information content (AvgIpc) is 3.59. The monoisotopic (exact) mass is 713 g/mol. The summed E-state index contributed by atoms with van der Waals surface area (Å²) in [4.78, 5) is 28.8. The Labute approximate surface area is 299 Å². The SMILES string of the molecule is C=CC(=O)Nc1cccc(S(=O)(=O)c2ccc(N3CC(CN4CCC(C(C#N)(c5cccc(F)c5)C5CCCC5OC(=O)NC)CC4)C3)cc2)c1. The summed E-state index contributed by atoms with van der Waals surface area (Å²) >= 11 is 0. The van der Waals surface area contributed by atoms with E-state index in [1.54, 1.807) is 30.3 Å². The molecule has 12 heteroatoms. The number of ether oxygens (including phenoxy) is 1. The number of nitriles is 1. The van der Waals surface area contributed by atoms with E-state index < -0.39 is 33.4 Å². The lowest BCUT2D eigenvalue weighted by Crippen LogP contribution is -2.54. The predicted molar refractivity (Wildman–Crippen MR) is 192 cm³/mol. The van der Waals surface area contributed by atoms with Crippen LogP contribution in [-0.4, -0.2) is 71.2 Å². The highest BCUT2D eigenvalue weighted by molar-refractivity contribution is 7.91. The highest BCUT2D eigenvalue weighted by atomic mass is 32.2. The molecular formula is C39H44FN5O5S. The van der Waals surface area contributed by atoms with Crippen molar-refractivity contribution >= 4 is 33.2 Å². The molecule has 2 N–H and O–H groups in total. The first-order chi connectivity index (χ1) is 24.6. The molecule has 6 rings (SSSR count). The number of carbonyl (C=O) groups excluding carboxylic acids is 2. The van der Waals surface area contributed by atoms with Crippen molar-refractivity contribution in [1.82, 2.24) is 10.2 Å². The van der Waals surface area contributed by atoms with Gasteiger partial charge in [-0.15, -0.1) is 0 Å². The van der Waals surface area contributed by atoms with Crippen molar-refractivity contribution in [2.24, 2.45) is 17.8 Å². The minimum Gasteiger partial charge on any atom is -0.446 e. The van der Waals surface area contributed by atoms with E-state index >= 15 is 0 Å². The van der Waals surface area contributed by atoms with E-state index in [1.165, 1.54) is 31.3 Å². The fraction of sp³-hybridized carbons (Fsp3) is 0.410. The second-order valence-electron chi connectivity index (χ2n) is 13.8. The van der Waals surface area contributed by atoms with E-state index in [0.717, 1.165) is 70.2 Å². The molecular weight excluding hydrogens is 670 g/mol. The quantitative estimate of drug-likeness (QED) is 0.234. The third kappa shape index (κ3) is 7.51. The summed E-state index contributed by atoms with van der Waals surface area (Å²) in [6.07, 6.45) is 4.01. The predicted octanol–water partition coefficient (Wildman–Crippen LogP) is 5.92. The molecule has 268 valence electrons. The molecule has 3 unspecified atom stereocenters. The molecule has 1 aliphatic carbocycles. The van der Waals surface area contributed by atoms with Crippen molar-refractivity contribution in [3.63, 3.8) is 0 Å². The van der Waals surface area contributed by atoms with Crippen molar-refractivity contribution in [3.05, 3.63) is 96.8 Å². The maximum absolute atomic E-state index is 14.6. The van der Waals surface area contributed by atoms with Gasteiger partial charge in [-0.2, -0.15) is 5.26 Å². The van der Waals surface area contributed by atoms with E-state index in [-0.39, 0.29) is 27.4 Å². The Morgan fingerprint density at radius 3 is 2.41 bits per heavy atom. The summed E-state index contributed by atoms with van der Waals surface area (Å²) in [6, 6.07) is 22.1. The standard InChI is InChI=1S/C39H44FN5O5S/c1-3-37(46)43-31-9-5-10-34(22-31)51(48,49)33-15-13-32(14-16-33)45-24-27(25-45)23-44-19-17-28(18-20-44)39(26-41,29-7-4-8-30(40)21-29)35-11-6-12-36(35)50-38(47)42-2/h3-5,7-10,13-16,21-22,27-28,35-36H,1,6,11-12,17-20,23-25H2,2H3,(H,42,47)(H,43,46). The zero-order valence-electron chi connectivity index (χ0n) is 28.8. The topological polar surface area (TPSA) is 132 Å². The molecule has 10 nitrogen and oxygen atoms in total. The molecule has 0 aromatic heterocycles. The Morgan fingerprint density at radius 1 is 1.02 bits per heavy atom. The first-order valence-corrected chi connectivity index (χ1v) is 19.0. The number of sulfone groups is 1. The van der Waals surface area contributed by atoms with Crippen molar-refractivity contribution in [2.45, 2.75) is 53.4 Å². The van der Waals surface area contributed by atoms with Crippen LogP contribution in [-0.2, 0) is 24.8 Å². The number of alkyl carbamates (subject to hydrolysis) is 1. The summed E-state index contributed by atoms with van der Waals surface area (Å²) < 4.78 is 47.0. The second-order valence-corrected chi connectivity index (χ2v) is 15.7. The third-order valence-electron chi connectivity index (χ3n) is 10.8. The summed E-state index contributed by atoms with van der Waals surface area (Å²) in [7, 11) is -2.26. The highest BCUT2D eigenvalue weighted by Crippen LogP contribution is 2.51. The van der Waals surface area contributed by atoms with Gasteiger partial charge in [0.15, 0.2) is 0 Å². The molecule has 3 aromatic rings. The molecule has 0 spiro atoms. The van der Waals surface area contributed by atoms with Crippen LogP contribution >= 0.6 is 0 Å². The number of anilines is 2. The van der Waals surface area contributed by atoms with E-state index in [9.17, 15) is 27.7 Å². The number of hydrogen-bond donors (Lipinski definition) is 2. The van der Waals surface area contributed by atoms with Crippen LogP contribution in [0, 0.1) is 34.9 Å². The van der Waals surface area contributed by atoms with Gasteiger partial charge in [0.2, 0.25) is 15.7 Å². The van der Waals surface area contributed by atoms with Crippen LogP contribution in [0.5, 0.6) is 0 Å². The Balaban J connectivity index is 1.06. The van der Waals surface area contributed by atoms with Crippen LogP contribution in [0.15, 0.2) is 95.2 Å². The van der Waals surface area contributed by atoms with Gasteiger partial charge in [0.05, 0.1) is 21.3 Å². The summed E-state index contributed by atoms with van der Waals surface area (Å²) in [5.41, 5.74) is 1.02. The van der Waals surface area contributed by atoms with Gasteiger partial charge in [0.1, 0.15) is 11.9 Å². The number of carbonyl (C=O) groups is 2. The van der Waals surface area contributed by atoms with Crippen molar-refractivity contribution in [1.29, 1.82) is 5.26 Å². The summed E-state index contributed by atoms with van der Waals surface area (Å²) in [5.74, 6) is -0.590. The number of halogens is 1. The largest absolute Gasteiger partial charge is 0.446 e. The van der Waals surface area contributed by atoms with E-state index in [1.807, 2.05) is 18.2 Å². The molecule has 51 heavy (non-hydrogen) atoms. The fourth-order valence-electron chi connectivity index (χ4n) is 8.26. The Bertz CT molecular complexity index is 1900. The molecule has 1 saturated carbocycles. The van der Waals surface area contributed by atoms with Crippen molar-refractivity contribution in [2.75, 3.05) is 50.0 Å². The number of nitrogens with one attached hydrogen (secondary N) is 2. The normalized spacial score (nSPS) is 21.2. The summed E-state index contributed by atoms with van der Waals surface area (Å²) in [6.45, 7) is 7.68. The summed E-state index contributed by atoms with van der Waals surface area (Å²) in [5, 5.41) is 16.0. The van der Waals surface area contributed by atoms with E-state index in [0.29, 0.717) is 23.6 Å². The molecule has 2 saturated heterocycles. The molecule has 3 aliphatic rings. The molecule has 3 fully saturated rings. The van der Waals surface area contributed by atoms with E-state index in [4.69, 9.17) is 4.74 Å². The zero-order valence-corrected chi connectivity index (χ0v) is 29.6. The fourth-order valence-corrected chi connectivity index (χ4v) is 9.57. The number of rotatable bonds is 11. The van der Waals surface area contributed by atoms with Gasteiger partial charge in [0, 0.05) is 49.9 Å². The number of hydrogen-bond acceptors (Lipinski definition) is 8. The van der Waals surface area contributed by atoms with Gasteiger partial charge in [-0.05, 0) is 117 Å². The van der Waals surface area contributed by atoms with Crippen LogP contribution in [0.4, 0.5) is 20.6 Å². The van der Waals surface area contributed by atoms with Gasteiger partial charge in [0.25, 0.3) is 0 Å². The maximum atomic E-state index is 14.6. The first-order valence-electron chi connectivity index (χ1n) is 17.5. The van der Waals surface area contributed by atoms with E-state index in [2.05, 4.69) is 33.1 Å². The van der Waals surface area contributed by atoms with Gasteiger partial charge >= 0.3 is 6.09 Å². The number of amides is 2. The van der Waals surface area contributed by atoms with Gasteiger partial charge in [-0.25, -0.2) is 17.6 Å². The number of nitrogens with zero attached hydrogens (tertiary/aromatic N) is 3. The molecule has 0 bridgehead atoms. The van der Waals surface area contributed by atoms with Crippen LogP contribution in [0.1, 0.15) is 37.7 Å². The molecule has 2 aliphatic heterocycles. The average molecular weight is 714 g/mol. The minimum atomic E-state index is -3.78. The third-order valence-corrected chi connectivity index (χ3v) is 12.6. The number of likely N-dealkylation sites (tertiary alicyclic amines) is 1. The Kier molecular flexibility index (Phi) is 10.8. The lowest BCUT2D eigenvalue weighted by Gasteiger charge is -2.47. The molecule has 2 heterocycles. The highest BCUT2D eigenvalue weighted by Gasteiger charge is 2.53. The maximum Gasteiger partial charge on any atom is 0.407 e. The van der Waals surface area contributed by atoms with Crippen LogP contribution < -0.4 is 15.5 Å². The molecule has 3 atom stereocenters. The van der Waals surface area contributed by atoms with Gasteiger partial charge < -0.3 is 25.2 Å². The number of piperidine rings is 1. The van der Waals surface area contributed by atoms with Crippen LogP contribution in [0.25, 0.3) is 0 Å². The first kappa shape index (κ1) is 36.1.